The first-order chi connectivity index (χ1) is 9.43. The lowest BCUT2D eigenvalue weighted by molar-refractivity contribution is -0.137. The fraction of sp³-hybridized carbons (Fsp3) is 0.600. The van der Waals surface area contributed by atoms with Crippen molar-refractivity contribution in [3.05, 3.63) is 29.3 Å². The number of hydrogen-bond acceptors (Lipinski definition) is 1. The average molecular weight is 306 g/mol. The molecule has 112 valence electrons. The van der Waals surface area contributed by atoms with E-state index < -0.39 is 11.7 Å². The molecule has 1 fully saturated rings. The predicted octanol–water partition coefficient (Wildman–Crippen LogP) is 5.21. The van der Waals surface area contributed by atoms with Crippen molar-refractivity contribution in [2.24, 2.45) is 0 Å². The number of anilines is 1. The smallest absolute Gasteiger partial charge is 0.371 e. The summed E-state index contributed by atoms with van der Waals surface area (Å²) >= 11 is 5.65. The maximum absolute atomic E-state index is 13.2. The number of halogens is 4. The molecule has 1 aromatic rings. The van der Waals surface area contributed by atoms with Crippen LogP contribution in [0.25, 0.3) is 0 Å². The van der Waals surface area contributed by atoms with Gasteiger partial charge in [0.15, 0.2) is 0 Å². The minimum atomic E-state index is -4.35. The van der Waals surface area contributed by atoms with Crippen LogP contribution in [0.4, 0.5) is 18.9 Å². The van der Waals surface area contributed by atoms with Gasteiger partial charge in [-0.15, -0.1) is 11.6 Å². The minimum Gasteiger partial charge on any atom is -0.371 e. The molecule has 0 aliphatic heterocycles. The van der Waals surface area contributed by atoms with Crippen LogP contribution in [-0.4, -0.2) is 13.1 Å². The van der Waals surface area contributed by atoms with Crippen molar-refractivity contribution in [3.8, 4) is 0 Å². The van der Waals surface area contributed by atoms with E-state index in [2.05, 4.69) is 0 Å². The van der Waals surface area contributed by atoms with Crippen LogP contribution in [0.3, 0.4) is 0 Å². The van der Waals surface area contributed by atoms with Gasteiger partial charge in [-0.2, -0.15) is 13.2 Å². The van der Waals surface area contributed by atoms with Gasteiger partial charge in [0, 0.05) is 24.7 Å². The highest BCUT2D eigenvalue weighted by Crippen LogP contribution is 2.39. The van der Waals surface area contributed by atoms with Gasteiger partial charge in [0.25, 0.3) is 0 Å². The predicted molar refractivity (Wildman–Crippen MR) is 76.3 cm³/mol. The molecule has 0 aromatic heterocycles. The summed E-state index contributed by atoms with van der Waals surface area (Å²) in [5.74, 6) is 0.0938. The summed E-state index contributed by atoms with van der Waals surface area (Å²) in [5.41, 5.74) is 0.182. The van der Waals surface area contributed by atoms with Gasteiger partial charge in [-0.25, -0.2) is 0 Å². The normalized spacial score (nSPS) is 17.2. The van der Waals surface area contributed by atoms with Crippen molar-refractivity contribution < 1.29 is 13.2 Å². The first-order valence-corrected chi connectivity index (χ1v) is 7.46. The van der Waals surface area contributed by atoms with E-state index in [1.54, 1.807) is 24.1 Å². The second kappa shape index (κ2) is 6.25. The Hall–Kier alpha value is -0.900. The molecule has 0 atom stereocenters. The second-order valence-corrected chi connectivity index (χ2v) is 5.65. The lowest BCUT2D eigenvalue weighted by atomic mass is 9.93. The van der Waals surface area contributed by atoms with Crippen LogP contribution in [-0.2, 0) is 12.1 Å². The van der Waals surface area contributed by atoms with Crippen LogP contribution in [0.15, 0.2) is 18.2 Å². The summed E-state index contributed by atoms with van der Waals surface area (Å²) in [6, 6.07) is 4.60. The first kappa shape index (κ1) is 15.5. The van der Waals surface area contributed by atoms with Crippen molar-refractivity contribution in [2.75, 3.05) is 11.9 Å². The molecule has 20 heavy (non-hydrogen) atoms. The van der Waals surface area contributed by atoms with E-state index in [1.165, 1.54) is 12.5 Å². The molecule has 0 N–H and O–H groups in total. The van der Waals surface area contributed by atoms with Crippen LogP contribution in [0.5, 0.6) is 0 Å². The number of rotatable bonds is 3. The van der Waals surface area contributed by atoms with Crippen molar-refractivity contribution in [1.29, 1.82) is 0 Å². The Kier molecular flexibility index (Phi) is 4.84. The molecule has 1 aliphatic rings. The van der Waals surface area contributed by atoms with E-state index in [0.717, 1.165) is 25.7 Å². The van der Waals surface area contributed by atoms with Gasteiger partial charge in [0.05, 0.1) is 5.56 Å². The molecule has 2 rings (SSSR count). The quantitative estimate of drug-likeness (QED) is 0.693. The molecule has 1 saturated carbocycles. The van der Waals surface area contributed by atoms with Crippen molar-refractivity contribution in [3.63, 3.8) is 0 Å². The highest BCUT2D eigenvalue weighted by molar-refractivity contribution is 6.17. The monoisotopic (exact) mass is 305 g/mol. The Labute approximate surface area is 122 Å². The molecule has 0 radical (unpaired) electrons. The summed E-state index contributed by atoms with van der Waals surface area (Å²) in [4.78, 5) is 1.79. The molecule has 0 saturated heterocycles. The van der Waals surface area contributed by atoms with Crippen molar-refractivity contribution in [2.45, 2.75) is 50.2 Å². The van der Waals surface area contributed by atoms with E-state index >= 15 is 0 Å². The SMILES string of the molecule is CN(c1ccc(CCl)cc1C(F)(F)F)C1CCCCC1. The van der Waals surface area contributed by atoms with Gasteiger partial charge in [-0.3, -0.25) is 0 Å². The second-order valence-electron chi connectivity index (χ2n) is 5.39. The highest BCUT2D eigenvalue weighted by atomic mass is 35.5. The van der Waals surface area contributed by atoms with Gasteiger partial charge in [-0.05, 0) is 30.5 Å². The summed E-state index contributed by atoms with van der Waals surface area (Å²) < 4.78 is 39.7. The highest BCUT2D eigenvalue weighted by Gasteiger charge is 2.35. The molecule has 0 spiro atoms. The van der Waals surface area contributed by atoms with Gasteiger partial charge in [0.2, 0.25) is 0 Å². The number of benzene rings is 1. The zero-order valence-corrected chi connectivity index (χ0v) is 12.3. The Morgan fingerprint density at radius 3 is 2.40 bits per heavy atom. The lowest BCUT2D eigenvalue weighted by Crippen LogP contribution is -2.34. The standard InChI is InChI=1S/C15H19ClF3N/c1-20(12-5-3-2-4-6-12)14-8-7-11(10-16)9-13(14)15(17,18)19/h7-9,12H,2-6,10H2,1H3. The van der Waals surface area contributed by atoms with Crippen molar-refractivity contribution >= 4 is 17.3 Å². The molecule has 1 aromatic carbocycles. The lowest BCUT2D eigenvalue weighted by Gasteiger charge is -2.34. The molecule has 0 amide bonds. The van der Waals surface area contributed by atoms with Gasteiger partial charge < -0.3 is 4.90 Å². The molecule has 0 heterocycles. The Bertz CT molecular complexity index is 453. The molecule has 1 nitrogen and oxygen atoms in total. The molecule has 1 aliphatic carbocycles. The summed E-state index contributed by atoms with van der Waals surface area (Å²) in [5, 5.41) is 0. The number of nitrogens with zero attached hydrogens (tertiary/aromatic N) is 1. The molecule has 5 heteroatoms. The Balaban J connectivity index is 2.34. The zero-order valence-electron chi connectivity index (χ0n) is 11.5. The van der Waals surface area contributed by atoms with Gasteiger partial charge in [0.1, 0.15) is 0 Å². The van der Waals surface area contributed by atoms with Crippen LogP contribution >= 0.6 is 11.6 Å². The third-order valence-corrected chi connectivity index (χ3v) is 4.33. The molecular formula is C15H19ClF3N. The summed E-state index contributed by atoms with van der Waals surface area (Å²) in [7, 11) is 1.76. The van der Waals surface area contributed by atoms with Crippen molar-refractivity contribution in [1.82, 2.24) is 0 Å². The van der Waals surface area contributed by atoms with Gasteiger partial charge >= 0.3 is 6.18 Å². The topological polar surface area (TPSA) is 3.24 Å². The van der Waals surface area contributed by atoms with Crippen LogP contribution in [0, 0.1) is 0 Å². The number of hydrogen-bond donors (Lipinski definition) is 0. The fourth-order valence-electron chi connectivity index (χ4n) is 2.87. The third-order valence-electron chi connectivity index (χ3n) is 4.02. The Morgan fingerprint density at radius 1 is 1.20 bits per heavy atom. The zero-order chi connectivity index (χ0) is 14.8. The maximum Gasteiger partial charge on any atom is 0.418 e. The average Bonchev–Trinajstić information content (AvgIpc) is 2.46. The van der Waals surface area contributed by atoms with E-state index in [-0.39, 0.29) is 17.6 Å². The Morgan fingerprint density at radius 2 is 1.85 bits per heavy atom. The minimum absolute atomic E-state index is 0.0938. The first-order valence-electron chi connectivity index (χ1n) is 6.92. The van der Waals surface area contributed by atoms with Gasteiger partial charge in [-0.1, -0.05) is 25.3 Å². The van der Waals surface area contributed by atoms with E-state index in [0.29, 0.717) is 5.56 Å². The van der Waals surface area contributed by atoms with E-state index in [1.807, 2.05) is 0 Å². The van der Waals surface area contributed by atoms with Crippen LogP contribution in [0.1, 0.15) is 43.2 Å². The largest absolute Gasteiger partial charge is 0.418 e. The van der Waals surface area contributed by atoms with Crippen LogP contribution in [0.2, 0.25) is 0 Å². The third kappa shape index (κ3) is 3.40. The number of alkyl halides is 4. The summed E-state index contributed by atoms with van der Waals surface area (Å²) in [6.07, 6.45) is 0.949. The van der Waals surface area contributed by atoms with E-state index in [4.69, 9.17) is 11.6 Å². The molecular weight excluding hydrogens is 287 g/mol. The maximum atomic E-state index is 13.2. The fourth-order valence-corrected chi connectivity index (χ4v) is 3.03. The molecule has 0 bridgehead atoms. The van der Waals surface area contributed by atoms with E-state index in [9.17, 15) is 13.2 Å². The van der Waals surface area contributed by atoms with Crippen LogP contribution < -0.4 is 4.90 Å². The molecule has 0 unspecified atom stereocenters. The summed E-state index contributed by atoms with van der Waals surface area (Å²) in [6.45, 7) is 0.